The number of hydrogen-bond acceptors (Lipinski definition) is 4. The van der Waals surface area contributed by atoms with E-state index in [9.17, 15) is 9.59 Å². The van der Waals surface area contributed by atoms with Crippen molar-refractivity contribution >= 4 is 17.4 Å². The minimum Gasteiger partial charge on any atom is -0.493 e. The van der Waals surface area contributed by atoms with E-state index >= 15 is 0 Å². The van der Waals surface area contributed by atoms with Crippen LogP contribution in [-0.2, 0) is 9.59 Å². The van der Waals surface area contributed by atoms with E-state index in [2.05, 4.69) is 25.7 Å². The van der Waals surface area contributed by atoms with Crippen molar-refractivity contribution in [2.75, 3.05) is 19.7 Å². The third kappa shape index (κ3) is 4.08. The monoisotopic (exact) mass is 384 g/mol. The van der Waals surface area contributed by atoms with Crippen LogP contribution in [0.15, 0.2) is 30.0 Å². The molecule has 0 atom stereocenters. The van der Waals surface area contributed by atoms with E-state index in [-0.39, 0.29) is 17.9 Å². The molecule has 2 aliphatic rings. The molecule has 5 nitrogen and oxygen atoms in total. The molecule has 3 rings (SSSR count). The maximum absolute atomic E-state index is 13.2. The van der Waals surface area contributed by atoms with Gasteiger partial charge in [0, 0.05) is 19.1 Å². The van der Waals surface area contributed by atoms with E-state index in [1.165, 1.54) is 4.90 Å². The lowest BCUT2D eigenvalue weighted by molar-refractivity contribution is -0.139. The Bertz CT molecular complexity index is 757. The Morgan fingerprint density at radius 3 is 2.14 bits per heavy atom. The maximum Gasteiger partial charge on any atom is 0.278 e. The average Bonchev–Trinajstić information content (AvgIpc) is 2.91. The first-order chi connectivity index (χ1) is 13.3. The number of hydrogen-bond donors (Lipinski definition) is 0. The number of rotatable bonds is 6. The number of nitrogens with zero attached hydrogens (tertiary/aromatic N) is 2. The van der Waals surface area contributed by atoms with Gasteiger partial charge in [-0.05, 0) is 56.2 Å². The minimum absolute atomic E-state index is 0.162. The van der Waals surface area contributed by atoms with Gasteiger partial charge in [0.1, 0.15) is 11.4 Å². The molecule has 2 aliphatic heterocycles. The van der Waals surface area contributed by atoms with Crippen molar-refractivity contribution in [2.45, 2.75) is 53.5 Å². The molecule has 0 spiro atoms. The van der Waals surface area contributed by atoms with Crippen molar-refractivity contribution in [2.24, 2.45) is 11.8 Å². The molecule has 1 fully saturated rings. The fourth-order valence-corrected chi connectivity index (χ4v) is 3.77. The van der Waals surface area contributed by atoms with E-state index in [1.807, 2.05) is 38.1 Å². The maximum atomic E-state index is 13.2. The van der Waals surface area contributed by atoms with Gasteiger partial charge < -0.3 is 9.64 Å². The zero-order chi connectivity index (χ0) is 20.4. The zero-order valence-electron chi connectivity index (χ0n) is 17.7. The van der Waals surface area contributed by atoms with Crippen molar-refractivity contribution in [1.82, 2.24) is 9.80 Å². The SMILES string of the molecule is CC(C)COc1ccc(C2=C(N3CCC(C)CC3)C(=O)N(C(C)C)C2=O)cc1. The second kappa shape index (κ2) is 8.38. The molecule has 0 radical (unpaired) electrons. The van der Waals surface area contributed by atoms with Crippen molar-refractivity contribution in [3.05, 3.63) is 35.5 Å². The molecule has 0 N–H and O–H groups in total. The Kier molecular flexibility index (Phi) is 6.11. The van der Waals surface area contributed by atoms with E-state index in [4.69, 9.17) is 4.74 Å². The minimum atomic E-state index is -0.190. The van der Waals surface area contributed by atoms with Crippen LogP contribution in [0.1, 0.15) is 53.0 Å². The van der Waals surface area contributed by atoms with Crippen LogP contribution in [0.25, 0.3) is 5.57 Å². The summed E-state index contributed by atoms with van der Waals surface area (Å²) in [6.07, 6.45) is 2.09. The van der Waals surface area contributed by atoms with Gasteiger partial charge in [0.05, 0.1) is 12.2 Å². The predicted octanol–water partition coefficient (Wildman–Crippen LogP) is 3.94. The largest absolute Gasteiger partial charge is 0.493 e. The molecular weight excluding hydrogens is 352 g/mol. The third-order valence-corrected chi connectivity index (χ3v) is 5.43. The van der Waals surface area contributed by atoms with E-state index < -0.39 is 0 Å². The molecular formula is C23H32N2O3. The van der Waals surface area contributed by atoms with Gasteiger partial charge in [0.15, 0.2) is 0 Å². The molecule has 2 amide bonds. The van der Waals surface area contributed by atoms with Gasteiger partial charge in [0.2, 0.25) is 0 Å². The van der Waals surface area contributed by atoms with Crippen molar-refractivity contribution in [3.8, 4) is 5.75 Å². The number of benzene rings is 1. The Labute approximate surface area is 168 Å². The molecule has 0 saturated carbocycles. The quantitative estimate of drug-likeness (QED) is 0.697. The summed E-state index contributed by atoms with van der Waals surface area (Å²) in [6.45, 7) is 12.5. The molecule has 2 heterocycles. The van der Waals surface area contributed by atoms with Crippen molar-refractivity contribution in [3.63, 3.8) is 0 Å². The predicted molar refractivity (Wildman–Crippen MR) is 111 cm³/mol. The van der Waals surface area contributed by atoms with Crippen LogP contribution in [0.4, 0.5) is 0 Å². The first-order valence-electron chi connectivity index (χ1n) is 10.4. The molecule has 28 heavy (non-hydrogen) atoms. The Hall–Kier alpha value is -2.30. The molecule has 0 bridgehead atoms. The van der Waals surface area contributed by atoms with E-state index in [0.717, 1.165) is 37.2 Å². The average molecular weight is 385 g/mol. The van der Waals surface area contributed by atoms with Crippen LogP contribution in [0.5, 0.6) is 5.75 Å². The smallest absolute Gasteiger partial charge is 0.278 e. The van der Waals surface area contributed by atoms with Gasteiger partial charge in [-0.2, -0.15) is 0 Å². The Balaban J connectivity index is 1.95. The molecule has 1 aromatic rings. The van der Waals surface area contributed by atoms with Gasteiger partial charge in [-0.15, -0.1) is 0 Å². The van der Waals surface area contributed by atoms with E-state index in [1.54, 1.807) is 0 Å². The fraction of sp³-hybridized carbons (Fsp3) is 0.565. The lowest BCUT2D eigenvalue weighted by atomic mass is 9.97. The van der Waals surface area contributed by atoms with Gasteiger partial charge in [-0.3, -0.25) is 14.5 Å². The molecule has 152 valence electrons. The van der Waals surface area contributed by atoms with Crippen LogP contribution in [0.2, 0.25) is 0 Å². The number of piperidine rings is 1. The normalized spacial score (nSPS) is 18.8. The van der Waals surface area contributed by atoms with Gasteiger partial charge in [-0.1, -0.05) is 32.9 Å². The third-order valence-electron chi connectivity index (χ3n) is 5.43. The summed E-state index contributed by atoms with van der Waals surface area (Å²) in [7, 11) is 0. The molecule has 0 aromatic heterocycles. The van der Waals surface area contributed by atoms with Crippen molar-refractivity contribution < 1.29 is 14.3 Å². The first kappa shape index (κ1) is 20.4. The Morgan fingerprint density at radius 2 is 1.61 bits per heavy atom. The number of carbonyl (C=O) groups is 2. The van der Waals surface area contributed by atoms with Gasteiger partial charge in [0.25, 0.3) is 11.8 Å². The van der Waals surface area contributed by atoms with Gasteiger partial charge in [-0.25, -0.2) is 0 Å². The lowest BCUT2D eigenvalue weighted by Gasteiger charge is -2.33. The number of carbonyl (C=O) groups excluding carboxylic acids is 2. The van der Waals surface area contributed by atoms with E-state index in [0.29, 0.717) is 29.7 Å². The Morgan fingerprint density at radius 1 is 1.00 bits per heavy atom. The van der Waals surface area contributed by atoms with Gasteiger partial charge >= 0.3 is 0 Å². The van der Waals surface area contributed by atoms with Crippen LogP contribution < -0.4 is 4.74 Å². The first-order valence-corrected chi connectivity index (χ1v) is 10.4. The molecule has 0 unspecified atom stereocenters. The second-order valence-corrected chi connectivity index (χ2v) is 8.70. The van der Waals surface area contributed by atoms with Crippen molar-refractivity contribution in [1.29, 1.82) is 0 Å². The molecule has 1 saturated heterocycles. The summed E-state index contributed by atoms with van der Waals surface area (Å²) in [5.41, 5.74) is 1.89. The summed E-state index contributed by atoms with van der Waals surface area (Å²) in [5.74, 6) is 1.54. The van der Waals surface area contributed by atoms with Crippen LogP contribution in [0.3, 0.4) is 0 Å². The highest BCUT2D eigenvalue weighted by Gasteiger charge is 2.43. The summed E-state index contributed by atoms with van der Waals surface area (Å²) < 4.78 is 5.76. The molecule has 1 aromatic carbocycles. The summed E-state index contributed by atoms with van der Waals surface area (Å²) in [4.78, 5) is 29.8. The lowest BCUT2D eigenvalue weighted by Crippen LogP contribution is -2.41. The highest BCUT2D eigenvalue weighted by molar-refractivity contribution is 6.35. The zero-order valence-corrected chi connectivity index (χ0v) is 17.7. The number of amides is 2. The molecule has 0 aliphatic carbocycles. The number of imide groups is 1. The summed E-state index contributed by atoms with van der Waals surface area (Å²) in [6, 6.07) is 7.40. The standard InChI is InChI=1S/C23H32N2O3/c1-15(2)14-28-19-8-6-18(7-9-19)20-21(24-12-10-17(5)11-13-24)23(27)25(16(3)4)22(20)26/h6-9,15-17H,10-14H2,1-5H3. The number of likely N-dealkylation sites (tertiary alicyclic amines) is 1. The van der Waals surface area contributed by atoms with Crippen LogP contribution >= 0.6 is 0 Å². The number of ether oxygens (including phenoxy) is 1. The highest BCUT2D eigenvalue weighted by Crippen LogP contribution is 2.35. The van der Waals surface area contributed by atoms with Crippen LogP contribution in [-0.4, -0.2) is 47.4 Å². The topological polar surface area (TPSA) is 49.9 Å². The molecule has 5 heteroatoms. The second-order valence-electron chi connectivity index (χ2n) is 8.70. The van der Waals surface area contributed by atoms with Crippen LogP contribution in [0, 0.1) is 11.8 Å². The highest BCUT2D eigenvalue weighted by atomic mass is 16.5. The summed E-state index contributed by atoms with van der Waals surface area (Å²) in [5, 5.41) is 0. The summed E-state index contributed by atoms with van der Waals surface area (Å²) >= 11 is 0. The fourth-order valence-electron chi connectivity index (χ4n) is 3.77.